The van der Waals surface area contributed by atoms with E-state index in [-0.39, 0.29) is 18.9 Å². The molecule has 2 atom stereocenters. The van der Waals surface area contributed by atoms with Crippen molar-refractivity contribution in [1.29, 1.82) is 0 Å². The van der Waals surface area contributed by atoms with Gasteiger partial charge >= 0.3 is 0 Å². The van der Waals surface area contributed by atoms with Gasteiger partial charge in [0.15, 0.2) is 0 Å². The molecule has 0 radical (unpaired) electrons. The minimum absolute atomic E-state index is 0.0237. The lowest BCUT2D eigenvalue weighted by Crippen LogP contribution is -2.50. The maximum absolute atomic E-state index is 12.4. The van der Waals surface area contributed by atoms with Gasteiger partial charge in [0.25, 0.3) is 5.91 Å². The number of carbonyl (C=O) groups is 4. The van der Waals surface area contributed by atoms with Crippen molar-refractivity contribution in [2.24, 2.45) is 5.92 Å². The fourth-order valence-electron chi connectivity index (χ4n) is 2.65. The molecule has 154 valence electrons. The van der Waals surface area contributed by atoms with Crippen molar-refractivity contribution in [1.82, 2.24) is 21.0 Å². The van der Waals surface area contributed by atoms with Crippen molar-refractivity contribution in [3.63, 3.8) is 0 Å². The Morgan fingerprint density at radius 2 is 2.11 bits per heavy atom. The molecule has 0 spiro atoms. The third kappa shape index (κ3) is 7.36. The Morgan fingerprint density at radius 3 is 2.68 bits per heavy atom. The molecule has 2 unspecified atom stereocenters. The Morgan fingerprint density at radius 1 is 1.39 bits per heavy atom. The van der Waals surface area contributed by atoms with Crippen LogP contribution in [0.1, 0.15) is 26.7 Å². The van der Waals surface area contributed by atoms with Crippen LogP contribution in [0.5, 0.6) is 0 Å². The molecule has 0 bridgehead atoms. The van der Waals surface area contributed by atoms with Gasteiger partial charge in [0.1, 0.15) is 6.54 Å². The monoisotopic (exact) mass is 392 g/mol. The van der Waals surface area contributed by atoms with Gasteiger partial charge in [-0.2, -0.15) is 0 Å². The van der Waals surface area contributed by atoms with Crippen LogP contribution in [0.4, 0.5) is 0 Å². The van der Waals surface area contributed by atoms with Crippen LogP contribution in [0.3, 0.4) is 0 Å². The number of allylic oxidation sites excluding steroid dienone is 5. The van der Waals surface area contributed by atoms with Gasteiger partial charge < -0.3 is 16.0 Å². The molecule has 1 aliphatic rings. The summed E-state index contributed by atoms with van der Waals surface area (Å²) in [6.45, 7) is 7.12. The smallest absolute Gasteiger partial charge is 0.289 e. The molecule has 0 aromatic carbocycles. The standard InChI is InChI=1S/C19H28N4O5/c1-4-6-7-8-13(3)23(28)12-16(24)22-15(17(25)19(27)20-5-2)11-14-9-10-21-18(14)26/h4,6-8,14-15,28H,1,5,9-12H2,2-3H3,(H,20,27)(H,21,26)(H,22,24)/b7-6-,13-8+. The summed E-state index contributed by atoms with van der Waals surface area (Å²) in [5.41, 5.74) is 0.398. The second-order valence-corrected chi connectivity index (χ2v) is 6.34. The number of hydrogen-bond donors (Lipinski definition) is 4. The molecule has 9 nitrogen and oxygen atoms in total. The molecule has 0 saturated carbocycles. The molecule has 0 aromatic heterocycles. The van der Waals surface area contributed by atoms with Crippen LogP contribution in [0.15, 0.2) is 36.6 Å². The predicted octanol–water partition coefficient (Wildman–Crippen LogP) is 0.0398. The van der Waals surface area contributed by atoms with Gasteiger partial charge in [-0.05, 0) is 32.8 Å². The molecular weight excluding hydrogens is 364 g/mol. The van der Waals surface area contributed by atoms with Gasteiger partial charge in [0.2, 0.25) is 17.6 Å². The van der Waals surface area contributed by atoms with E-state index in [4.69, 9.17) is 0 Å². The van der Waals surface area contributed by atoms with Crippen molar-refractivity contribution in [3.8, 4) is 0 Å². The summed E-state index contributed by atoms with van der Waals surface area (Å²) >= 11 is 0. The lowest BCUT2D eigenvalue weighted by atomic mass is 9.95. The fraction of sp³-hybridized carbons (Fsp3) is 0.474. The number of nitrogens with one attached hydrogen (secondary N) is 3. The third-order valence-corrected chi connectivity index (χ3v) is 4.18. The van der Waals surface area contributed by atoms with Gasteiger partial charge in [-0.1, -0.05) is 24.8 Å². The van der Waals surface area contributed by atoms with Gasteiger partial charge in [-0.3, -0.25) is 29.4 Å². The molecule has 3 amide bonds. The number of amides is 3. The maximum atomic E-state index is 12.4. The normalized spacial score (nSPS) is 17.8. The molecule has 0 aromatic rings. The molecule has 1 fully saturated rings. The van der Waals surface area contributed by atoms with Crippen LogP contribution in [0.25, 0.3) is 0 Å². The summed E-state index contributed by atoms with van der Waals surface area (Å²) in [6, 6.07) is -1.15. The Bertz CT molecular complexity index is 671. The average Bonchev–Trinajstić information content (AvgIpc) is 3.05. The van der Waals surface area contributed by atoms with E-state index in [9.17, 15) is 24.4 Å². The summed E-state index contributed by atoms with van der Waals surface area (Å²) < 4.78 is 0. The summed E-state index contributed by atoms with van der Waals surface area (Å²) in [5, 5.41) is 18.2. The highest BCUT2D eigenvalue weighted by Gasteiger charge is 2.34. The first-order chi connectivity index (χ1) is 13.3. The van der Waals surface area contributed by atoms with Gasteiger partial charge in [-0.15, -0.1) is 0 Å². The number of ketones is 1. The summed E-state index contributed by atoms with van der Waals surface area (Å²) in [6.07, 6.45) is 6.99. The number of nitrogens with zero attached hydrogens (tertiary/aromatic N) is 1. The number of rotatable bonds is 11. The van der Waals surface area contributed by atoms with Crippen molar-refractivity contribution >= 4 is 23.5 Å². The summed E-state index contributed by atoms with van der Waals surface area (Å²) in [5.74, 6) is -2.96. The predicted molar refractivity (Wildman–Crippen MR) is 103 cm³/mol. The van der Waals surface area contributed by atoms with E-state index in [0.717, 1.165) is 5.06 Å². The zero-order valence-electron chi connectivity index (χ0n) is 16.2. The van der Waals surface area contributed by atoms with Crippen LogP contribution in [-0.2, 0) is 19.2 Å². The van der Waals surface area contributed by atoms with Gasteiger partial charge in [0, 0.05) is 24.7 Å². The zero-order valence-corrected chi connectivity index (χ0v) is 16.2. The van der Waals surface area contributed by atoms with Crippen molar-refractivity contribution in [2.75, 3.05) is 19.6 Å². The Kier molecular flexibility index (Phi) is 9.66. The summed E-state index contributed by atoms with van der Waals surface area (Å²) in [4.78, 5) is 48.4. The number of likely N-dealkylation sites (N-methyl/N-ethyl adjacent to an activating group) is 1. The number of Topliss-reactive ketones (excluding diaryl/α,β-unsaturated/α-hetero) is 1. The second kappa shape index (κ2) is 11.7. The molecule has 1 saturated heterocycles. The second-order valence-electron chi connectivity index (χ2n) is 6.34. The van der Waals surface area contributed by atoms with Crippen molar-refractivity contribution in [3.05, 3.63) is 36.6 Å². The molecule has 1 aliphatic heterocycles. The third-order valence-electron chi connectivity index (χ3n) is 4.18. The fourth-order valence-corrected chi connectivity index (χ4v) is 2.65. The maximum Gasteiger partial charge on any atom is 0.289 e. The van der Waals surface area contributed by atoms with Crippen LogP contribution in [0, 0.1) is 5.92 Å². The zero-order chi connectivity index (χ0) is 21.1. The lowest BCUT2D eigenvalue weighted by Gasteiger charge is -2.22. The molecule has 1 rings (SSSR count). The first-order valence-corrected chi connectivity index (χ1v) is 9.11. The first kappa shape index (κ1) is 23.1. The minimum Gasteiger partial charge on any atom is -0.356 e. The highest BCUT2D eigenvalue weighted by molar-refractivity contribution is 6.38. The highest BCUT2D eigenvalue weighted by atomic mass is 16.5. The van der Waals surface area contributed by atoms with E-state index in [1.54, 1.807) is 38.2 Å². The van der Waals surface area contributed by atoms with Gasteiger partial charge in [-0.25, -0.2) is 0 Å². The van der Waals surface area contributed by atoms with E-state index >= 15 is 0 Å². The molecule has 1 heterocycles. The number of carbonyl (C=O) groups excluding carboxylic acids is 4. The average molecular weight is 392 g/mol. The molecule has 28 heavy (non-hydrogen) atoms. The SMILES string of the molecule is C=C/C=C\C=C(/C)N(O)CC(=O)NC(CC1CCNC1=O)C(=O)C(=O)NCC. The number of hydrogen-bond acceptors (Lipinski definition) is 6. The molecular formula is C19H28N4O5. The Balaban J connectivity index is 2.79. The molecule has 0 aliphatic carbocycles. The molecule has 9 heteroatoms. The Labute approximate surface area is 164 Å². The van der Waals surface area contributed by atoms with E-state index in [1.807, 2.05) is 0 Å². The Hall–Kier alpha value is -2.94. The first-order valence-electron chi connectivity index (χ1n) is 9.11. The van der Waals surface area contributed by atoms with Crippen LogP contribution in [0.2, 0.25) is 0 Å². The van der Waals surface area contributed by atoms with E-state index < -0.39 is 36.1 Å². The van der Waals surface area contributed by atoms with Crippen LogP contribution in [-0.4, -0.2) is 59.5 Å². The minimum atomic E-state index is -1.15. The van der Waals surface area contributed by atoms with Crippen molar-refractivity contribution < 1.29 is 24.4 Å². The van der Waals surface area contributed by atoms with E-state index in [0.29, 0.717) is 18.7 Å². The quantitative estimate of drug-likeness (QED) is 0.223. The topological polar surface area (TPSA) is 128 Å². The molecule has 4 N–H and O–H groups in total. The van der Waals surface area contributed by atoms with E-state index in [2.05, 4.69) is 22.5 Å². The summed E-state index contributed by atoms with van der Waals surface area (Å²) in [7, 11) is 0. The lowest BCUT2D eigenvalue weighted by molar-refractivity contribution is -0.142. The van der Waals surface area contributed by atoms with Crippen LogP contribution < -0.4 is 16.0 Å². The highest BCUT2D eigenvalue weighted by Crippen LogP contribution is 2.17. The van der Waals surface area contributed by atoms with E-state index in [1.165, 1.54) is 0 Å². The van der Waals surface area contributed by atoms with Gasteiger partial charge in [0.05, 0.1) is 6.04 Å². The largest absolute Gasteiger partial charge is 0.356 e. The number of hydroxylamine groups is 2. The van der Waals surface area contributed by atoms with Crippen LogP contribution >= 0.6 is 0 Å². The van der Waals surface area contributed by atoms with Crippen molar-refractivity contribution in [2.45, 2.75) is 32.7 Å².